The second-order valence-electron chi connectivity index (χ2n) is 7.92. The number of thiophene rings is 1. The van der Waals surface area contributed by atoms with E-state index in [-0.39, 0.29) is 24.3 Å². The lowest BCUT2D eigenvalue weighted by Crippen LogP contribution is -2.27. The van der Waals surface area contributed by atoms with Gasteiger partial charge in [0.2, 0.25) is 11.9 Å². The van der Waals surface area contributed by atoms with Crippen LogP contribution in [0, 0.1) is 6.92 Å². The quantitative estimate of drug-likeness (QED) is 0.365. The summed E-state index contributed by atoms with van der Waals surface area (Å²) in [5, 5.41) is 16.9. The fourth-order valence-electron chi connectivity index (χ4n) is 3.77. The van der Waals surface area contributed by atoms with E-state index in [1.807, 2.05) is 54.8 Å². The minimum atomic E-state index is -0.377. The Hall–Kier alpha value is -4.38. The van der Waals surface area contributed by atoms with Crippen molar-refractivity contribution in [2.75, 3.05) is 5.32 Å². The Balaban J connectivity index is 1.32. The summed E-state index contributed by atoms with van der Waals surface area (Å²) < 4.78 is 3.05. The largest absolute Gasteiger partial charge is 0.350 e. The molecule has 2 amide bonds. The maximum absolute atomic E-state index is 13.3. The van der Waals surface area contributed by atoms with Gasteiger partial charge in [-0.25, -0.2) is 14.6 Å². The number of rotatable bonds is 7. The van der Waals surface area contributed by atoms with Crippen molar-refractivity contribution in [2.24, 2.45) is 7.05 Å². The fourth-order valence-corrected chi connectivity index (χ4v) is 4.46. The fraction of sp³-hybridized carbons (Fsp3) is 0.167. The molecular formula is C24H22N8O2S. The molecule has 0 spiro atoms. The molecule has 11 heteroatoms. The number of aromatic nitrogens is 6. The van der Waals surface area contributed by atoms with Crippen LogP contribution in [0.15, 0.2) is 60.2 Å². The van der Waals surface area contributed by atoms with Crippen molar-refractivity contribution in [3.05, 3.63) is 77.1 Å². The molecule has 5 rings (SSSR count). The lowest BCUT2D eigenvalue weighted by molar-refractivity contribution is -0.122. The third kappa shape index (κ3) is 4.80. The van der Waals surface area contributed by atoms with Gasteiger partial charge in [-0.15, -0.1) is 16.4 Å². The van der Waals surface area contributed by atoms with Gasteiger partial charge in [0.1, 0.15) is 12.9 Å². The zero-order valence-electron chi connectivity index (χ0n) is 19.1. The normalized spacial score (nSPS) is 11.0. The molecule has 1 aromatic carbocycles. The van der Waals surface area contributed by atoms with Gasteiger partial charge in [-0.2, -0.15) is 5.10 Å². The molecule has 176 valence electrons. The van der Waals surface area contributed by atoms with Gasteiger partial charge in [0, 0.05) is 13.6 Å². The molecule has 0 unspecified atom stereocenters. The van der Waals surface area contributed by atoms with E-state index in [4.69, 9.17) is 4.98 Å². The number of nitrogens with zero attached hydrogens (tertiary/aromatic N) is 6. The Labute approximate surface area is 204 Å². The predicted molar refractivity (Wildman–Crippen MR) is 133 cm³/mol. The summed E-state index contributed by atoms with van der Waals surface area (Å²) in [5.41, 5.74) is 3.44. The van der Waals surface area contributed by atoms with Crippen LogP contribution in [0.5, 0.6) is 0 Å². The van der Waals surface area contributed by atoms with Crippen molar-refractivity contribution in [3.63, 3.8) is 0 Å². The molecule has 0 aliphatic rings. The summed E-state index contributed by atoms with van der Waals surface area (Å²) in [5.74, 6) is -0.480. The number of benzene rings is 1. The topological polar surface area (TPSA) is 120 Å². The van der Waals surface area contributed by atoms with Gasteiger partial charge in [-0.1, -0.05) is 36.4 Å². The number of carbonyl (C=O) groups excluding carboxylic acids is 2. The Bertz CT molecular complexity index is 1510. The molecule has 10 nitrogen and oxygen atoms in total. The van der Waals surface area contributed by atoms with Gasteiger partial charge in [-0.3, -0.25) is 19.6 Å². The summed E-state index contributed by atoms with van der Waals surface area (Å²) in [4.78, 5) is 35.3. The number of nitrogens with one attached hydrogen (secondary N) is 2. The van der Waals surface area contributed by atoms with Crippen molar-refractivity contribution in [1.82, 2.24) is 34.8 Å². The molecule has 0 saturated heterocycles. The first kappa shape index (κ1) is 22.4. The highest BCUT2D eigenvalue weighted by molar-refractivity contribution is 7.13. The Morgan fingerprint density at radius 3 is 2.69 bits per heavy atom. The molecule has 4 heterocycles. The highest BCUT2D eigenvalue weighted by Gasteiger charge is 2.20. The summed E-state index contributed by atoms with van der Waals surface area (Å²) >= 11 is 1.54. The molecule has 0 fully saturated rings. The highest BCUT2D eigenvalue weighted by Crippen LogP contribution is 2.29. The number of hydrogen-bond acceptors (Lipinski definition) is 7. The van der Waals surface area contributed by atoms with Gasteiger partial charge in [-0.05, 0) is 30.0 Å². The van der Waals surface area contributed by atoms with Gasteiger partial charge in [0.25, 0.3) is 5.91 Å². The summed E-state index contributed by atoms with van der Waals surface area (Å²) in [6, 6.07) is 15.3. The monoisotopic (exact) mass is 486 g/mol. The maximum Gasteiger partial charge on any atom is 0.258 e. The summed E-state index contributed by atoms with van der Waals surface area (Å²) in [6.07, 6.45) is 1.41. The third-order valence-electron chi connectivity index (χ3n) is 5.39. The minimum Gasteiger partial charge on any atom is -0.350 e. The van der Waals surface area contributed by atoms with E-state index in [2.05, 4.69) is 25.8 Å². The smallest absolute Gasteiger partial charge is 0.258 e. The number of carbonyl (C=O) groups is 2. The first-order valence-electron chi connectivity index (χ1n) is 10.9. The first-order valence-corrected chi connectivity index (χ1v) is 11.8. The van der Waals surface area contributed by atoms with E-state index in [1.165, 1.54) is 11.0 Å². The highest BCUT2D eigenvalue weighted by atomic mass is 32.1. The summed E-state index contributed by atoms with van der Waals surface area (Å²) in [7, 11) is 1.80. The molecule has 0 bridgehead atoms. The molecule has 2 N–H and O–H groups in total. The van der Waals surface area contributed by atoms with Gasteiger partial charge in [0.15, 0.2) is 5.65 Å². The van der Waals surface area contributed by atoms with Gasteiger partial charge >= 0.3 is 0 Å². The van der Waals surface area contributed by atoms with Crippen molar-refractivity contribution in [1.29, 1.82) is 0 Å². The van der Waals surface area contributed by atoms with Crippen LogP contribution in [0.25, 0.3) is 21.6 Å². The van der Waals surface area contributed by atoms with Crippen LogP contribution >= 0.6 is 11.3 Å². The van der Waals surface area contributed by atoms with Gasteiger partial charge < -0.3 is 5.32 Å². The van der Waals surface area contributed by atoms with Crippen molar-refractivity contribution < 1.29 is 9.59 Å². The Morgan fingerprint density at radius 2 is 1.91 bits per heavy atom. The molecule has 5 aromatic rings. The van der Waals surface area contributed by atoms with Crippen LogP contribution in [0.4, 0.5) is 5.95 Å². The standard InChI is InChI=1S/C24H22N8O2S/c1-15-21-17(11-18(19-9-6-10-35-19)27-22(21)31(2)29-15)23(34)28-24-26-14-32(30-24)13-20(33)25-12-16-7-4-3-5-8-16/h3-11,14H,12-13H2,1-2H3,(H,25,33)(H,28,30,34). The lowest BCUT2D eigenvalue weighted by Gasteiger charge is -2.07. The van der Waals surface area contributed by atoms with Crippen molar-refractivity contribution in [2.45, 2.75) is 20.0 Å². The van der Waals surface area contributed by atoms with E-state index in [1.54, 1.807) is 29.1 Å². The average Bonchev–Trinajstić information content (AvgIpc) is 3.60. The van der Waals surface area contributed by atoms with Crippen LogP contribution in [-0.2, 0) is 24.9 Å². The molecule has 0 saturated carbocycles. The first-order chi connectivity index (χ1) is 17.0. The molecular weight excluding hydrogens is 464 g/mol. The zero-order chi connectivity index (χ0) is 24.4. The predicted octanol–water partition coefficient (Wildman–Crippen LogP) is 3.17. The second-order valence-corrected chi connectivity index (χ2v) is 8.87. The van der Waals surface area contributed by atoms with Crippen molar-refractivity contribution in [3.8, 4) is 10.6 Å². The van der Waals surface area contributed by atoms with Crippen LogP contribution in [0.2, 0.25) is 0 Å². The minimum absolute atomic E-state index is 0.0144. The lowest BCUT2D eigenvalue weighted by atomic mass is 10.1. The average molecular weight is 487 g/mol. The molecule has 0 radical (unpaired) electrons. The molecule has 0 aliphatic heterocycles. The van der Waals surface area contributed by atoms with Crippen LogP contribution < -0.4 is 10.6 Å². The van der Waals surface area contributed by atoms with Crippen LogP contribution in [0.1, 0.15) is 21.6 Å². The van der Waals surface area contributed by atoms with E-state index >= 15 is 0 Å². The van der Waals surface area contributed by atoms with Gasteiger partial charge in [0.05, 0.1) is 27.2 Å². The number of fused-ring (bicyclic) bond motifs is 1. The molecule has 4 aromatic heterocycles. The summed E-state index contributed by atoms with van der Waals surface area (Å²) in [6.45, 7) is 2.25. The van der Waals surface area contributed by atoms with E-state index < -0.39 is 0 Å². The van der Waals surface area contributed by atoms with E-state index in [9.17, 15) is 9.59 Å². The van der Waals surface area contributed by atoms with E-state index in [0.29, 0.717) is 34.5 Å². The SMILES string of the molecule is Cc1nn(C)c2nc(-c3cccs3)cc(C(=O)Nc3ncn(CC(=O)NCc4ccccc4)n3)c12. The molecule has 0 aliphatic carbocycles. The van der Waals surface area contributed by atoms with E-state index in [0.717, 1.165) is 10.4 Å². The number of amides is 2. The number of pyridine rings is 1. The maximum atomic E-state index is 13.3. The number of aryl methyl sites for hydroxylation is 2. The number of hydrogen-bond donors (Lipinski definition) is 2. The van der Waals surface area contributed by atoms with Crippen LogP contribution in [-0.4, -0.2) is 41.3 Å². The zero-order valence-corrected chi connectivity index (χ0v) is 19.9. The Kier molecular flexibility index (Phi) is 6.06. The Morgan fingerprint density at radius 1 is 1.09 bits per heavy atom. The molecule has 35 heavy (non-hydrogen) atoms. The molecule has 0 atom stereocenters. The third-order valence-corrected chi connectivity index (χ3v) is 6.28. The van der Waals surface area contributed by atoms with Crippen molar-refractivity contribution >= 4 is 40.1 Å². The number of anilines is 1. The van der Waals surface area contributed by atoms with Crippen LogP contribution in [0.3, 0.4) is 0 Å². The second kappa shape index (κ2) is 9.47.